The molecule has 2 aromatic rings. The summed E-state index contributed by atoms with van der Waals surface area (Å²) in [4.78, 5) is 0. The molecular formula is C13H16N4OS. The molecule has 100 valence electrons. The molecule has 0 unspecified atom stereocenters. The van der Waals surface area contributed by atoms with Crippen LogP contribution in [0, 0.1) is 11.8 Å². The van der Waals surface area contributed by atoms with Gasteiger partial charge in [-0.25, -0.2) is 0 Å². The fourth-order valence-corrected chi connectivity index (χ4v) is 3.44. The molecule has 0 spiro atoms. The van der Waals surface area contributed by atoms with E-state index in [0.717, 1.165) is 23.0 Å². The summed E-state index contributed by atoms with van der Waals surface area (Å²) in [5, 5.41) is 21.9. The molecule has 0 aliphatic heterocycles. The Morgan fingerprint density at radius 2 is 2.00 bits per heavy atom. The second-order valence-electron chi connectivity index (χ2n) is 4.80. The van der Waals surface area contributed by atoms with Gasteiger partial charge >= 0.3 is 0 Å². The molecule has 1 N–H and O–H groups in total. The van der Waals surface area contributed by atoms with Crippen molar-refractivity contribution in [2.24, 2.45) is 11.8 Å². The largest absolute Gasteiger partial charge is 0.396 e. The molecule has 6 heteroatoms. The van der Waals surface area contributed by atoms with Crippen molar-refractivity contribution in [3.05, 3.63) is 30.3 Å². The normalized spacial score (nSPS) is 22.2. The zero-order chi connectivity index (χ0) is 13.1. The smallest absolute Gasteiger partial charge is 0.214 e. The fraction of sp³-hybridized carbons (Fsp3) is 0.462. The van der Waals surface area contributed by atoms with Crippen LogP contribution < -0.4 is 0 Å². The van der Waals surface area contributed by atoms with Crippen molar-refractivity contribution in [1.29, 1.82) is 0 Å². The first-order valence-electron chi connectivity index (χ1n) is 6.46. The van der Waals surface area contributed by atoms with Gasteiger partial charge in [-0.15, -0.1) is 5.10 Å². The molecule has 19 heavy (non-hydrogen) atoms. The summed E-state index contributed by atoms with van der Waals surface area (Å²) in [6, 6.07) is 9.89. The molecule has 1 aromatic carbocycles. The summed E-state index contributed by atoms with van der Waals surface area (Å²) in [5.41, 5.74) is 0.974. The highest BCUT2D eigenvalue weighted by Gasteiger charge is 2.30. The lowest BCUT2D eigenvalue weighted by Crippen LogP contribution is -2.30. The maximum atomic E-state index is 9.19. The van der Waals surface area contributed by atoms with Gasteiger partial charge in [0.1, 0.15) is 0 Å². The number of aromatic nitrogens is 4. The molecule has 2 atom stereocenters. The van der Waals surface area contributed by atoms with Gasteiger partial charge in [-0.1, -0.05) is 30.0 Å². The molecule has 0 radical (unpaired) electrons. The van der Waals surface area contributed by atoms with Crippen LogP contribution in [0.25, 0.3) is 5.69 Å². The fourth-order valence-electron chi connectivity index (χ4n) is 2.28. The van der Waals surface area contributed by atoms with Gasteiger partial charge in [-0.2, -0.15) is 4.68 Å². The lowest BCUT2D eigenvalue weighted by atomic mass is 9.75. The Bertz CT molecular complexity index is 528. The summed E-state index contributed by atoms with van der Waals surface area (Å²) in [7, 11) is 0. The maximum Gasteiger partial charge on any atom is 0.214 e. The van der Waals surface area contributed by atoms with Crippen LogP contribution in [0.1, 0.15) is 12.8 Å². The van der Waals surface area contributed by atoms with Crippen molar-refractivity contribution in [3.8, 4) is 5.69 Å². The van der Waals surface area contributed by atoms with Gasteiger partial charge in [0.05, 0.1) is 5.69 Å². The van der Waals surface area contributed by atoms with E-state index in [1.165, 1.54) is 6.42 Å². The predicted molar refractivity (Wildman–Crippen MR) is 73.2 cm³/mol. The van der Waals surface area contributed by atoms with Gasteiger partial charge in [0.2, 0.25) is 5.16 Å². The van der Waals surface area contributed by atoms with E-state index in [-0.39, 0.29) is 0 Å². The topological polar surface area (TPSA) is 63.8 Å². The number of benzene rings is 1. The highest BCUT2D eigenvalue weighted by atomic mass is 32.2. The average molecular weight is 276 g/mol. The average Bonchev–Trinajstić information content (AvgIpc) is 2.88. The quantitative estimate of drug-likeness (QED) is 0.843. The Balaban J connectivity index is 1.68. The van der Waals surface area contributed by atoms with Crippen LogP contribution in [0.15, 0.2) is 35.5 Å². The van der Waals surface area contributed by atoms with Crippen LogP contribution in [0.2, 0.25) is 0 Å². The van der Waals surface area contributed by atoms with Crippen LogP contribution in [-0.2, 0) is 0 Å². The number of para-hydroxylation sites is 1. The minimum atomic E-state index is 0.300. The summed E-state index contributed by atoms with van der Waals surface area (Å²) in [5.74, 6) is 2.03. The van der Waals surface area contributed by atoms with Crippen LogP contribution in [0.3, 0.4) is 0 Å². The third-order valence-electron chi connectivity index (χ3n) is 3.68. The van der Waals surface area contributed by atoms with Crippen LogP contribution in [0.5, 0.6) is 0 Å². The van der Waals surface area contributed by atoms with Gasteiger partial charge in [0, 0.05) is 12.4 Å². The van der Waals surface area contributed by atoms with E-state index in [4.69, 9.17) is 0 Å². The summed E-state index contributed by atoms with van der Waals surface area (Å²) in [6.07, 6.45) is 2.34. The molecule has 0 bridgehead atoms. The van der Waals surface area contributed by atoms with E-state index >= 15 is 0 Å². The lowest BCUT2D eigenvalue weighted by Gasteiger charge is -2.34. The minimum absolute atomic E-state index is 0.300. The van der Waals surface area contributed by atoms with E-state index in [9.17, 15) is 5.11 Å². The zero-order valence-electron chi connectivity index (χ0n) is 10.5. The van der Waals surface area contributed by atoms with Gasteiger partial charge in [-0.05, 0) is 47.2 Å². The molecule has 1 aliphatic rings. The highest BCUT2D eigenvalue weighted by molar-refractivity contribution is 7.99. The number of hydrogen-bond acceptors (Lipinski definition) is 5. The Labute approximate surface area is 116 Å². The Hall–Kier alpha value is -1.40. The molecule has 1 fully saturated rings. The van der Waals surface area contributed by atoms with E-state index in [1.54, 1.807) is 16.4 Å². The molecule has 1 saturated carbocycles. The molecule has 5 nitrogen and oxygen atoms in total. The van der Waals surface area contributed by atoms with Gasteiger partial charge in [0.25, 0.3) is 0 Å². The summed E-state index contributed by atoms with van der Waals surface area (Å²) < 4.78 is 1.76. The van der Waals surface area contributed by atoms with Crippen molar-refractivity contribution in [2.45, 2.75) is 18.0 Å². The monoisotopic (exact) mass is 276 g/mol. The Morgan fingerprint density at radius 3 is 2.68 bits per heavy atom. The van der Waals surface area contributed by atoms with Gasteiger partial charge in [0.15, 0.2) is 0 Å². The first-order valence-corrected chi connectivity index (χ1v) is 7.44. The Kier molecular flexibility index (Phi) is 3.79. The second kappa shape index (κ2) is 5.71. The number of aliphatic hydroxyl groups excluding tert-OH is 1. The number of hydrogen-bond donors (Lipinski definition) is 1. The maximum absolute atomic E-state index is 9.19. The minimum Gasteiger partial charge on any atom is -0.396 e. The van der Waals surface area contributed by atoms with Crippen molar-refractivity contribution in [1.82, 2.24) is 20.2 Å². The van der Waals surface area contributed by atoms with E-state index < -0.39 is 0 Å². The summed E-state index contributed by atoms with van der Waals surface area (Å²) >= 11 is 1.67. The van der Waals surface area contributed by atoms with E-state index in [1.807, 2.05) is 30.3 Å². The number of tetrazole rings is 1. The van der Waals surface area contributed by atoms with Crippen molar-refractivity contribution in [3.63, 3.8) is 0 Å². The third kappa shape index (κ3) is 2.64. The van der Waals surface area contributed by atoms with Crippen molar-refractivity contribution < 1.29 is 5.11 Å². The number of nitrogens with zero attached hydrogens (tertiary/aromatic N) is 4. The zero-order valence-corrected chi connectivity index (χ0v) is 11.3. The van der Waals surface area contributed by atoms with E-state index in [0.29, 0.717) is 18.4 Å². The molecule has 1 aliphatic carbocycles. The first kappa shape index (κ1) is 12.6. The highest BCUT2D eigenvalue weighted by Crippen LogP contribution is 2.37. The second-order valence-corrected chi connectivity index (χ2v) is 5.79. The van der Waals surface area contributed by atoms with Crippen LogP contribution in [-0.4, -0.2) is 37.7 Å². The lowest BCUT2D eigenvalue weighted by molar-refractivity contribution is 0.106. The number of rotatable bonds is 5. The van der Waals surface area contributed by atoms with Crippen molar-refractivity contribution in [2.75, 3.05) is 12.4 Å². The van der Waals surface area contributed by atoms with Gasteiger partial charge < -0.3 is 5.11 Å². The molecule has 1 aromatic heterocycles. The first-order chi connectivity index (χ1) is 9.38. The predicted octanol–water partition coefficient (Wildman–Crippen LogP) is 1.77. The number of aliphatic hydroxyl groups is 1. The summed E-state index contributed by atoms with van der Waals surface area (Å²) in [6.45, 7) is 0.300. The van der Waals surface area contributed by atoms with Crippen molar-refractivity contribution >= 4 is 11.8 Å². The number of thioether (sulfide) groups is 1. The van der Waals surface area contributed by atoms with Crippen LogP contribution >= 0.6 is 11.8 Å². The Morgan fingerprint density at radius 1 is 1.21 bits per heavy atom. The molecule has 0 amide bonds. The standard InChI is InChI=1S/C13H16N4OS/c18-8-10-6-7-11(10)9-19-13-14-15-16-17(13)12-4-2-1-3-5-12/h1-5,10-11,18H,6-9H2/t10-,11-/m1/s1. The molecular weight excluding hydrogens is 260 g/mol. The molecule has 3 rings (SSSR count). The van der Waals surface area contributed by atoms with Crippen LogP contribution in [0.4, 0.5) is 0 Å². The van der Waals surface area contributed by atoms with Gasteiger partial charge in [-0.3, -0.25) is 0 Å². The SMILES string of the molecule is OC[C@H]1CC[C@@H]1CSc1nnnn1-c1ccccc1. The van der Waals surface area contributed by atoms with E-state index in [2.05, 4.69) is 15.5 Å². The molecule has 1 heterocycles. The molecule has 0 saturated heterocycles. The third-order valence-corrected chi connectivity index (χ3v) is 4.79.